The summed E-state index contributed by atoms with van der Waals surface area (Å²) in [5.41, 5.74) is 2.40. The molecule has 0 unspecified atom stereocenters. The van der Waals surface area contributed by atoms with Crippen LogP contribution in [-0.2, 0) is 6.54 Å². The molecule has 1 aromatic rings. The average molecular weight is 293 g/mol. The van der Waals surface area contributed by atoms with Crippen LogP contribution in [0.3, 0.4) is 0 Å². The maximum absolute atomic E-state index is 9.62. The van der Waals surface area contributed by atoms with Crippen molar-refractivity contribution in [1.82, 2.24) is 5.32 Å². The standard InChI is InChI=1S/C17H27NO3/c1-12-8-14(20-3)15(21-4)9-13(12)10-18-16-6-5-7-17(16,2)11-19/h8-9,16,18-19H,5-7,10-11H2,1-4H3/t16-,17+/m1/s1. The quantitative estimate of drug-likeness (QED) is 0.846. The smallest absolute Gasteiger partial charge is 0.161 e. The van der Waals surface area contributed by atoms with E-state index in [1.165, 1.54) is 17.5 Å². The van der Waals surface area contributed by atoms with Gasteiger partial charge in [-0.15, -0.1) is 0 Å². The zero-order chi connectivity index (χ0) is 15.5. The van der Waals surface area contributed by atoms with Gasteiger partial charge in [-0.1, -0.05) is 13.3 Å². The van der Waals surface area contributed by atoms with E-state index in [2.05, 4.69) is 19.2 Å². The first-order chi connectivity index (χ1) is 10.0. The van der Waals surface area contributed by atoms with E-state index in [1.54, 1.807) is 14.2 Å². The largest absolute Gasteiger partial charge is 0.493 e. The number of aliphatic hydroxyl groups excluding tert-OH is 1. The molecule has 0 radical (unpaired) electrons. The number of hydrogen-bond acceptors (Lipinski definition) is 4. The van der Waals surface area contributed by atoms with E-state index in [0.717, 1.165) is 30.9 Å². The number of aryl methyl sites for hydroxylation is 1. The van der Waals surface area contributed by atoms with Gasteiger partial charge in [0, 0.05) is 24.6 Å². The maximum atomic E-state index is 9.62. The Balaban J connectivity index is 2.10. The fourth-order valence-electron chi connectivity index (χ4n) is 3.22. The first-order valence-electron chi connectivity index (χ1n) is 7.60. The molecule has 0 heterocycles. The summed E-state index contributed by atoms with van der Waals surface area (Å²) in [7, 11) is 3.31. The van der Waals surface area contributed by atoms with E-state index in [1.807, 2.05) is 12.1 Å². The van der Waals surface area contributed by atoms with Gasteiger partial charge in [0.25, 0.3) is 0 Å². The Kier molecular flexibility index (Phi) is 5.12. The second-order valence-corrected chi connectivity index (χ2v) is 6.27. The van der Waals surface area contributed by atoms with Crippen molar-refractivity contribution in [2.24, 2.45) is 5.41 Å². The molecule has 1 saturated carbocycles. The Morgan fingerprint density at radius 2 is 1.95 bits per heavy atom. The lowest BCUT2D eigenvalue weighted by Crippen LogP contribution is -2.41. The number of nitrogens with one attached hydrogen (secondary N) is 1. The topological polar surface area (TPSA) is 50.7 Å². The van der Waals surface area contributed by atoms with Crippen LogP contribution >= 0.6 is 0 Å². The lowest BCUT2D eigenvalue weighted by molar-refractivity contribution is 0.118. The lowest BCUT2D eigenvalue weighted by Gasteiger charge is -2.30. The van der Waals surface area contributed by atoms with Crippen molar-refractivity contribution in [3.63, 3.8) is 0 Å². The minimum Gasteiger partial charge on any atom is -0.493 e. The number of aliphatic hydroxyl groups is 1. The first-order valence-corrected chi connectivity index (χ1v) is 7.60. The number of benzene rings is 1. The summed E-state index contributed by atoms with van der Waals surface area (Å²) in [5, 5.41) is 13.2. The van der Waals surface area contributed by atoms with Crippen molar-refractivity contribution in [2.75, 3.05) is 20.8 Å². The minimum atomic E-state index is 0.00443. The van der Waals surface area contributed by atoms with E-state index in [4.69, 9.17) is 9.47 Å². The fraction of sp³-hybridized carbons (Fsp3) is 0.647. The molecule has 0 bridgehead atoms. The molecule has 2 rings (SSSR count). The molecule has 0 aromatic heterocycles. The van der Waals surface area contributed by atoms with Gasteiger partial charge in [-0.2, -0.15) is 0 Å². The van der Waals surface area contributed by atoms with Crippen LogP contribution in [0.2, 0.25) is 0 Å². The molecule has 0 saturated heterocycles. The number of rotatable bonds is 6. The minimum absolute atomic E-state index is 0.00443. The molecule has 4 heteroatoms. The molecule has 2 atom stereocenters. The molecular weight excluding hydrogens is 266 g/mol. The summed E-state index contributed by atoms with van der Waals surface area (Å²) >= 11 is 0. The van der Waals surface area contributed by atoms with E-state index in [0.29, 0.717) is 6.04 Å². The predicted octanol–water partition coefficient (Wildman–Crippen LogP) is 2.65. The van der Waals surface area contributed by atoms with Crippen molar-refractivity contribution in [1.29, 1.82) is 0 Å². The maximum Gasteiger partial charge on any atom is 0.161 e. The van der Waals surface area contributed by atoms with Crippen LogP contribution in [0.4, 0.5) is 0 Å². The molecule has 2 N–H and O–H groups in total. The Bertz CT molecular complexity index is 489. The van der Waals surface area contributed by atoms with Gasteiger partial charge in [0.15, 0.2) is 11.5 Å². The molecule has 1 aliphatic carbocycles. The fourth-order valence-corrected chi connectivity index (χ4v) is 3.22. The molecule has 0 amide bonds. The summed E-state index contributed by atoms with van der Waals surface area (Å²) in [4.78, 5) is 0. The summed E-state index contributed by atoms with van der Waals surface area (Å²) < 4.78 is 10.7. The molecule has 1 aliphatic rings. The molecule has 1 aromatic carbocycles. The number of methoxy groups -OCH3 is 2. The van der Waals surface area contributed by atoms with Crippen LogP contribution in [0.1, 0.15) is 37.3 Å². The van der Waals surface area contributed by atoms with Crippen molar-refractivity contribution in [3.8, 4) is 11.5 Å². The highest BCUT2D eigenvalue weighted by molar-refractivity contribution is 5.47. The first kappa shape index (κ1) is 16.1. The normalized spacial score (nSPS) is 25.1. The Hall–Kier alpha value is -1.26. The summed E-state index contributed by atoms with van der Waals surface area (Å²) in [5.74, 6) is 1.52. The van der Waals surface area contributed by atoms with E-state index in [9.17, 15) is 5.11 Å². The zero-order valence-corrected chi connectivity index (χ0v) is 13.5. The SMILES string of the molecule is COc1cc(C)c(CN[C@@H]2CCC[C@@]2(C)CO)cc1OC. The van der Waals surface area contributed by atoms with Crippen LogP contribution < -0.4 is 14.8 Å². The molecule has 0 spiro atoms. The van der Waals surface area contributed by atoms with Gasteiger partial charge >= 0.3 is 0 Å². The molecule has 4 nitrogen and oxygen atoms in total. The van der Waals surface area contributed by atoms with Crippen LogP contribution in [0, 0.1) is 12.3 Å². The lowest BCUT2D eigenvalue weighted by atomic mass is 9.85. The van der Waals surface area contributed by atoms with Crippen molar-refractivity contribution < 1.29 is 14.6 Å². The van der Waals surface area contributed by atoms with E-state index < -0.39 is 0 Å². The van der Waals surface area contributed by atoms with Gasteiger partial charge < -0.3 is 19.9 Å². The Labute approximate surface area is 127 Å². The summed E-state index contributed by atoms with van der Waals surface area (Å²) in [6.07, 6.45) is 3.40. The second kappa shape index (κ2) is 6.67. The highest BCUT2D eigenvalue weighted by atomic mass is 16.5. The van der Waals surface area contributed by atoms with Gasteiger partial charge in [-0.25, -0.2) is 0 Å². The third-order valence-corrected chi connectivity index (χ3v) is 4.82. The molecule has 1 fully saturated rings. The molecule has 21 heavy (non-hydrogen) atoms. The Morgan fingerprint density at radius 3 is 2.57 bits per heavy atom. The monoisotopic (exact) mass is 293 g/mol. The summed E-state index contributed by atoms with van der Waals surface area (Å²) in [6, 6.07) is 4.41. The van der Waals surface area contributed by atoms with Crippen LogP contribution in [0.5, 0.6) is 11.5 Å². The van der Waals surface area contributed by atoms with Crippen molar-refractivity contribution in [3.05, 3.63) is 23.3 Å². The van der Waals surface area contributed by atoms with Crippen LogP contribution in [0.15, 0.2) is 12.1 Å². The highest BCUT2D eigenvalue weighted by Gasteiger charge is 2.37. The van der Waals surface area contributed by atoms with Gasteiger partial charge in [0.2, 0.25) is 0 Å². The van der Waals surface area contributed by atoms with Crippen LogP contribution in [-0.4, -0.2) is 32.0 Å². The van der Waals surface area contributed by atoms with Crippen LogP contribution in [0.25, 0.3) is 0 Å². The molecule has 0 aliphatic heterocycles. The van der Waals surface area contributed by atoms with Crippen molar-refractivity contribution >= 4 is 0 Å². The van der Waals surface area contributed by atoms with E-state index >= 15 is 0 Å². The van der Waals surface area contributed by atoms with Crippen molar-refractivity contribution in [2.45, 2.75) is 45.7 Å². The van der Waals surface area contributed by atoms with Gasteiger partial charge in [-0.3, -0.25) is 0 Å². The Morgan fingerprint density at radius 1 is 1.29 bits per heavy atom. The third kappa shape index (κ3) is 3.33. The van der Waals surface area contributed by atoms with E-state index in [-0.39, 0.29) is 12.0 Å². The number of hydrogen-bond donors (Lipinski definition) is 2. The zero-order valence-electron chi connectivity index (χ0n) is 13.5. The second-order valence-electron chi connectivity index (χ2n) is 6.27. The van der Waals surface area contributed by atoms with Gasteiger partial charge in [0.1, 0.15) is 0 Å². The molecular formula is C17H27NO3. The predicted molar refractivity (Wildman–Crippen MR) is 84.0 cm³/mol. The molecule has 118 valence electrons. The number of ether oxygens (including phenoxy) is 2. The highest BCUT2D eigenvalue weighted by Crippen LogP contribution is 2.38. The summed E-state index contributed by atoms with van der Waals surface area (Å²) in [6.45, 7) is 5.28. The third-order valence-electron chi connectivity index (χ3n) is 4.82. The van der Waals surface area contributed by atoms with Gasteiger partial charge in [0.05, 0.1) is 14.2 Å². The average Bonchev–Trinajstić information content (AvgIpc) is 2.87. The van der Waals surface area contributed by atoms with Gasteiger partial charge in [-0.05, 0) is 43.0 Å².